The van der Waals surface area contributed by atoms with Gasteiger partial charge in [0, 0.05) is 6.42 Å². The number of aryl methyl sites for hydroxylation is 1. The van der Waals surface area contributed by atoms with Crippen molar-refractivity contribution in [2.75, 3.05) is 0 Å². The maximum atomic E-state index is 10.9. The van der Waals surface area contributed by atoms with E-state index in [1.807, 2.05) is 0 Å². The first-order valence-corrected chi connectivity index (χ1v) is 7.72. The molecule has 2 unspecified atom stereocenters. The molecule has 0 amide bonds. The van der Waals surface area contributed by atoms with Crippen molar-refractivity contribution in [3.63, 3.8) is 0 Å². The normalized spacial score (nSPS) is 26.9. The Morgan fingerprint density at radius 1 is 1.00 bits per heavy atom. The fourth-order valence-electron chi connectivity index (χ4n) is 3.87. The molecule has 0 saturated heterocycles. The Morgan fingerprint density at radius 2 is 1.45 bits per heavy atom. The lowest BCUT2D eigenvalue weighted by Crippen LogP contribution is -2.46. The Labute approximate surface area is 123 Å². The standard InChI is InChI=1S/C19H28O/c1-12-10-16-17(11-15(12)8-9-20)19(6,7)14(3)13(2)18(16,4)5/h9-11,13-14H,8H2,1-7H3. The number of benzene rings is 1. The molecule has 1 aromatic carbocycles. The predicted molar refractivity (Wildman–Crippen MR) is 85.3 cm³/mol. The molecular weight excluding hydrogens is 244 g/mol. The van der Waals surface area contributed by atoms with Crippen LogP contribution in [0.25, 0.3) is 0 Å². The molecule has 1 nitrogen and oxygen atoms in total. The number of rotatable bonds is 2. The van der Waals surface area contributed by atoms with Crippen LogP contribution in [0.15, 0.2) is 12.1 Å². The van der Waals surface area contributed by atoms with Crippen molar-refractivity contribution in [2.45, 2.75) is 65.7 Å². The number of hydrogen-bond donors (Lipinski definition) is 0. The van der Waals surface area contributed by atoms with E-state index in [4.69, 9.17) is 0 Å². The summed E-state index contributed by atoms with van der Waals surface area (Å²) in [5, 5.41) is 0. The molecule has 2 rings (SSSR count). The number of aldehydes is 1. The van der Waals surface area contributed by atoms with Crippen molar-refractivity contribution in [3.05, 3.63) is 34.4 Å². The van der Waals surface area contributed by atoms with Crippen LogP contribution in [-0.2, 0) is 22.0 Å². The first-order chi connectivity index (χ1) is 9.14. The average molecular weight is 272 g/mol. The summed E-state index contributed by atoms with van der Waals surface area (Å²) in [7, 11) is 0. The maximum Gasteiger partial charge on any atom is 0.124 e. The van der Waals surface area contributed by atoms with Crippen LogP contribution < -0.4 is 0 Å². The summed E-state index contributed by atoms with van der Waals surface area (Å²) in [6.45, 7) is 16.3. The third-order valence-electron chi connectivity index (χ3n) is 6.19. The highest BCUT2D eigenvalue weighted by molar-refractivity contribution is 5.58. The summed E-state index contributed by atoms with van der Waals surface area (Å²) < 4.78 is 0. The SMILES string of the molecule is Cc1cc2c(cc1CC=O)C(C)(C)C(C)C(C)C2(C)C. The lowest BCUT2D eigenvalue weighted by molar-refractivity contribution is -0.107. The third-order valence-corrected chi connectivity index (χ3v) is 6.19. The summed E-state index contributed by atoms with van der Waals surface area (Å²) in [4.78, 5) is 10.9. The minimum Gasteiger partial charge on any atom is -0.303 e. The maximum absolute atomic E-state index is 10.9. The van der Waals surface area contributed by atoms with Gasteiger partial charge in [-0.15, -0.1) is 0 Å². The van der Waals surface area contributed by atoms with Crippen LogP contribution in [-0.4, -0.2) is 6.29 Å². The molecule has 20 heavy (non-hydrogen) atoms. The highest BCUT2D eigenvalue weighted by Crippen LogP contribution is 2.52. The van der Waals surface area contributed by atoms with Crippen LogP contribution >= 0.6 is 0 Å². The van der Waals surface area contributed by atoms with Crippen molar-refractivity contribution in [1.29, 1.82) is 0 Å². The molecule has 0 fully saturated rings. The molecule has 0 heterocycles. The molecule has 0 saturated carbocycles. The van der Waals surface area contributed by atoms with Gasteiger partial charge in [-0.05, 0) is 51.8 Å². The van der Waals surface area contributed by atoms with Crippen LogP contribution in [0.1, 0.15) is 63.8 Å². The second kappa shape index (κ2) is 4.72. The average Bonchev–Trinajstić information content (AvgIpc) is 2.37. The van der Waals surface area contributed by atoms with E-state index < -0.39 is 0 Å². The molecule has 1 aliphatic carbocycles. The lowest BCUT2D eigenvalue weighted by atomic mass is 9.53. The van der Waals surface area contributed by atoms with Crippen molar-refractivity contribution >= 4 is 6.29 Å². The summed E-state index contributed by atoms with van der Waals surface area (Å²) in [5.74, 6) is 1.26. The van der Waals surface area contributed by atoms with Gasteiger partial charge in [0.1, 0.15) is 6.29 Å². The van der Waals surface area contributed by atoms with Crippen molar-refractivity contribution < 1.29 is 4.79 Å². The van der Waals surface area contributed by atoms with E-state index >= 15 is 0 Å². The Morgan fingerprint density at radius 3 is 1.90 bits per heavy atom. The number of hydrogen-bond acceptors (Lipinski definition) is 1. The van der Waals surface area contributed by atoms with Gasteiger partial charge in [-0.25, -0.2) is 0 Å². The molecule has 2 atom stereocenters. The van der Waals surface area contributed by atoms with E-state index in [-0.39, 0.29) is 10.8 Å². The smallest absolute Gasteiger partial charge is 0.124 e. The van der Waals surface area contributed by atoms with Crippen LogP contribution in [0.4, 0.5) is 0 Å². The van der Waals surface area contributed by atoms with Gasteiger partial charge in [0.25, 0.3) is 0 Å². The highest BCUT2D eigenvalue weighted by Gasteiger charge is 2.46. The van der Waals surface area contributed by atoms with E-state index in [0.29, 0.717) is 18.3 Å². The van der Waals surface area contributed by atoms with Gasteiger partial charge < -0.3 is 4.79 Å². The number of fused-ring (bicyclic) bond motifs is 1. The first kappa shape index (κ1) is 15.3. The van der Waals surface area contributed by atoms with E-state index in [0.717, 1.165) is 6.29 Å². The number of carbonyl (C=O) groups is 1. The van der Waals surface area contributed by atoms with Gasteiger partial charge >= 0.3 is 0 Å². The highest BCUT2D eigenvalue weighted by atomic mass is 16.1. The van der Waals surface area contributed by atoms with Crippen LogP contribution in [0.5, 0.6) is 0 Å². The summed E-state index contributed by atoms with van der Waals surface area (Å²) in [6, 6.07) is 4.63. The Bertz CT molecular complexity index is 537. The molecular formula is C19H28O. The third kappa shape index (κ3) is 2.03. The fourth-order valence-corrected chi connectivity index (χ4v) is 3.87. The van der Waals surface area contributed by atoms with E-state index in [2.05, 4.69) is 60.6 Å². The van der Waals surface area contributed by atoms with Crippen LogP contribution in [0.2, 0.25) is 0 Å². The molecule has 0 bridgehead atoms. The second-order valence-corrected chi connectivity index (χ2v) is 7.72. The zero-order chi connectivity index (χ0) is 15.3. The van der Waals surface area contributed by atoms with Gasteiger partial charge in [0.15, 0.2) is 0 Å². The lowest BCUT2D eigenvalue weighted by Gasteiger charge is -2.51. The Hall–Kier alpha value is -1.11. The molecule has 0 aliphatic heterocycles. The van der Waals surface area contributed by atoms with Gasteiger partial charge in [0.05, 0.1) is 0 Å². The molecule has 1 aliphatic rings. The predicted octanol–water partition coefficient (Wildman–Crippen LogP) is 4.58. The quantitative estimate of drug-likeness (QED) is 0.720. The van der Waals surface area contributed by atoms with E-state index in [1.165, 1.54) is 22.3 Å². The monoisotopic (exact) mass is 272 g/mol. The molecule has 0 spiro atoms. The first-order valence-electron chi connectivity index (χ1n) is 7.72. The summed E-state index contributed by atoms with van der Waals surface area (Å²) in [6.07, 6.45) is 1.54. The van der Waals surface area contributed by atoms with E-state index in [1.54, 1.807) is 0 Å². The topological polar surface area (TPSA) is 17.1 Å². The minimum absolute atomic E-state index is 0.162. The van der Waals surface area contributed by atoms with Gasteiger partial charge in [-0.3, -0.25) is 0 Å². The molecule has 0 aromatic heterocycles. The van der Waals surface area contributed by atoms with Gasteiger partial charge in [-0.2, -0.15) is 0 Å². The second-order valence-electron chi connectivity index (χ2n) is 7.72. The van der Waals surface area contributed by atoms with Crippen molar-refractivity contribution in [2.24, 2.45) is 11.8 Å². The van der Waals surface area contributed by atoms with Crippen molar-refractivity contribution in [1.82, 2.24) is 0 Å². The summed E-state index contributed by atoms with van der Waals surface area (Å²) >= 11 is 0. The van der Waals surface area contributed by atoms with E-state index in [9.17, 15) is 4.79 Å². The zero-order valence-electron chi connectivity index (χ0n) is 14.0. The van der Waals surface area contributed by atoms with Gasteiger partial charge in [-0.1, -0.05) is 53.7 Å². The number of carbonyl (C=O) groups excluding carboxylic acids is 1. The zero-order valence-corrected chi connectivity index (χ0v) is 14.0. The Balaban J connectivity index is 2.73. The summed E-state index contributed by atoms with van der Waals surface area (Å²) in [5.41, 5.74) is 5.70. The minimum atomic E-state index is 0.162. The molecule has 1 heteroatoms. The fraction of sp³-hybridized carbons (Fsp3) is 0.632. The molecule has 0 N–H and O–H groups in total. The molecule has 110 valence electrons. The Kier molecular flexibility index (Phi) is 3.60. The van der Waals surface area contributed by atoms with Crippen LogP contribution in [0.3, 0.4) is 0 Å². The van der Waals surface area contributed by atoms with Gasteiger partial charge in [0.2, 0.25) is 0 Å². The van der Waals surface area contributed by atoms with Crippen molar-refractivity contribution in [3.8, 4) is 0 Å². The molecule has 0 radical (unpaired) electrons. The van der Waals surface area contributed by atoms with Crippen LogP contribution in [0, 0.1) is 18.8 Å². The molecule has 1 aromatic rings. The largest absolute Gasteiger partial charge is 0.303 e.